The molecule has 0 atom stereocenters. The van der Waals surface area contributed by atoms with Crippen LogP contribution in [0.15, 0.2) is 53.7 Å². The van der Waals surface area contributed by atoms with Crippen LogP contribution in [0.2, 0.25) is 0 Å². The van der Waals surface area contributed by atoms with E-state index in [2.05, 4.69) is 15.5 Å². The van der Waals surface area contributed by atoms with Crippen LogP contribution in [0.3, 0.4) is 0 Å². The summed E-state index contributed by atoms with van der Waals surface area (Å²) in [5, 5.41) is 22.4. The van der Waals surface area contributed by atoms with Crippen molar-refractivity contribution in [2.24, 2.45) is 7.05 Å². The van der Waals surface area contributed by atoms with E-state index in [-0.39, 0.29) is 35.1 Å². The van der Waals surface area contributed by atoms with Gasteiger partial charge in [0.05, 0.1) is 17.1 Å². The number of nitro benzene ring substituents is 1. The van der Waals surface area contributed by atoms with Gasteiger partial charge in [-0.3, -0.25) is 19.7 Å². The fourth-order valence-electron chi connectivity index (χ4n) is 2.92. The zero-order chi connectivity index (χ0) is 22.4. The molecule has 0 saturated carbocycles. The van der Waals surface area contributed by atoms with Crippen LogP contribution in [0, 0.1) is 10.1 Å². The molecule has 1 N–H and O–H groups in total. The Morgan fingerprint density at radius 3 is 2.68 bits per heavy atom. The van der Waals surface area contributed by atoms with Crippen molar-refractivity contribution in [3.8, 4) is 0 Å². The summed E-state index contributed by atoms with van der Waals surface area (Å²) in [6.07, 6.45) is 0.848. The number of amides is 1. The molecule has 0 aliphatic heterocycles. The Balaban J connectivity index is 1.61. The lowest BCUT2D eigenvalue weighted by molar-refractivity contribution is -0.384. The molecule has 1 aromatic heterocycles. The monoisotopic (exact) mass is 439 g/mol. The molecule has 0 aliphatic carbocycles. The van der Waals surface area contributed by atoms with Gasteiger partial charge < -0.3 is 9.88 Å². The first-order valence-corrected chi connectivity index (χ1v) is 10.5. The van der Waals surface area contributed by atoms with Gasteiger partial charge in [0.2, 0.25) is 5.91 Å². The predicted molar refractivity (Wildman–Crippen MR) is 117 cm³/mol. The molecule has 31 heavy (non-hydrogen) atoms. The third-order valence-corrected chi connectivity index (χ3v) is 5.65. The lowest BCUT2D eigenvalue weighted by Crippen LogP contribution is -2.18. The summed E-state index contributed by atoms with van der Waals surface area (Å²) in [5.74, 6) is 0.0491. The number of carbonyl (C=O) groups excluding carboxylic acids is 2. The zero-order valence-electron chi connectivity index (χ0n) is 17.1. The molecule has 0 spiro atoms. The molecule has 0 bridgehead atoms. The number of carbonyl (C=O) groups is 2. The maximum absolute atomic E-state index is 12.4. The molecule has 0 saturated heterocycles. The molecule has 1 heterocycles. The maximum Gasteiger partial charge on any atom is 0.270 e. The van der Waals surface area contributed by atoms with Crippen molar-refractivity contribution in [1.29, 1.82) is 0 Å². The van der Waals surface area contributed by atoms with E-state index in [4.69, 9.17) is 0 Å². The Bertz CT molecular complexity index is 1130. The average molecular weight is 439 g/mol. The summed E-state index contributed by atoms with van der Waals surface area (Å²) in [6.45, 7) is 2.02. The van der Waals surface area contributed by atoms with E-state index in [9.17, 15) is 19.7 Å². The van der Waals surface area contributed by atoms with Gasteiger partial charge in [-0.25, -0.2) is 0 Å². The largest absolute Gasteiger partial charge is 0.325 e. The third-order valence-electron chi connectivity index (χ3n) is 4.63. The quantitative estimate of drug-likeness (QED) is 0.235. The van der Waals surface area contributed by atoms with Gasteiger partial charge in [-0.1, -0.05) is 49.0 Å². The van der Waals surface area contributed by atoms with Crippen molar-refractivity contribution in [3.63, 3.8) is 0 Å². The van der Waals surface area contributed by atoms with Crippen molar-refractivity contribution >= 4 is 34.8 Å². The number of rotatable bonds is 9. The van der Waals surface area contributed by atoms with Crippen molar-refractivity contribution < 1.29 is 14.5 Å². The van der Waals surface area contributed by atoms with Gasteiger partial charge >= 0.3 is 0 Å². The highest BCUT2D eigenvalue weighted by molar-refractivity contribution is 7.99. The number of hydrogen-bond donors (Lipinski definition) is 1. The second-order valence-corrected chi connectivity index (χ2v) is 7.66. The molecule has 3 aromatic rings. The van der Waals surface area contributed by atoms with Crippen LogP contribution in [0.4, 0.5) is 11.4 Å². The number of aryl methyl sites for hydroxylation is 1. The third kappa shape index (κ3) is 5.54. The minimum Gasteiger partial charge on any atom is -0.325 e. The van der Waals surface area contributed by atoms with E-state index in [0.717, 1.165) is 29.4 Å². The normalized spacial score (nSPS) is 10.6. The van der Waals surface area contributed by atoms with Gasteiger partial charge in [0.15, 0.2) is 10.9 Å². The highest BCUT2D eigenvalue weighted by atomic mass is 32.2. The Morgan fingerprint density at radius 2 is 1.94 bits per heavy atom. The summed E-state index contributed by atoms with van der Waals surface area (Å²) in [7, 11) is 1.72. The molecule has 0 fully saturated rings. The van der Waals surface area contributed by atoms with Gasteiger partial charge in [-0.05, 0) is 18.1 Å². The fourth-order valence-corrected chi connectivity index (χ4v) is 3.74. The Kier molecular flexibility index (Phi) is 7.14. The predicted octanol–water partition coefficient (Wildman–Crippen LogP) is 3.44. The molecule has 160 valence electrons. The van der Waals surface area contributed by atoms with E-state index in [1.165, 1.54) is 24.3 Å². The van der Waals surface area contributed by atoms with Crippen LogP contribution in [-0.4, -0.2) is 37.1 Å². The summed E-state index contributed by atoms with van der Waals surface area (Å²) >= 11 is 1.16. The smallest absolute Gasteiger partial charge is 0.270 e. The number of nitro groups is 1. The number of thioether (sulfide) groups is 1. The van der Waals surface area contributed by atoms with E-state index < -0.39 is 4.92 Å². The molecular weight excluding hydrogens is 418 g/mol. The minimum atomic E-state index is -0.539. The van der Waals surface area contributed by atoms with Gasteiger partial charge in [0.25, 0.3) is 5.69 Å². The van der Waals surface area contributed by atoms with E-state index >= 15 is 0 Å². The molecule has 1 amide bonds. The van der Waals surface area contributed by atoms with E-state index in [1.807, 2.05) is 31.2 Å². The molecule has 10 heteroatoms. The number of Topliss-reactive ketones (excluding diaryl/α,β-unsaturated/α-hetero) is 1. The number of ketones is 1. The standard InChI is InChI=1S/C21H21N5O4S/c1-3-14-7-4-5-10-17(14)22-20(28)12-19-23-24-21(25(19)2)31-13-18(27)15-8-6-9-16(11-15)26(29)30/h4-11H,3,12-13H2,1-2H3,(H,22,28). The number of nitrogens with one attached hydrogen (secondary N) is 1. The van der Waals surface area contributed by atoms with Crippen molar-refractivity contribution in [3.05, 3.63) is 75.6 Å². The second kappa shape index (κ2) is 9.98. The highest BCUT2D eigenvalue weighted by Gasteiger charge is 2.17. The first-order valence-electron chi connectivity index (χ1n) is 9.55. The van der Waals surface area contributed by atoms with Crippen molar-refractivity contribution in [2.75, 3.05) is 11.1 Å². The number of non-ortho nitro benzene ring substituents is 1. The van der Waals surface area contributed by atoms with Crippen LogP contribution in [-0.2, 0) is 24.7 Å². The van der Waals surface area contributed by atoms with Crippen LogP contribution in [0.1, 0.15) is 28.7 Å². The Morgan fingerprint density at radius 1 is 1.16 bits per heavy atom. The van der Waals surface area contributed by atoms with Crippen molar-refractivity contribution in [1.82, 2.24) is 14.8 Å². The number of nitrogens with zero attached hydrogens (tertiary/aromatic N) is 4. The second-order valence-electron chi connectivity index (χ2n) is 6.71. The first-order chi connectivity index (χ1) is 14.9. The Labute approximate surface area is 183 Å². The highest BCUT2D eigenvalue weighted by Crippen LogP contribution is 2.20. The number of benzene rings is 2. The summed E-state index contributed by atoms with van der Waals surface area (Å²) in [6, 6.07) is 13.2. The molecule has 0 unspecified atom stereocenters. The Hall–Kier alpha value is -3.53. The average Bonchev–Trinajstić information content (AvgIpc) is 3.11. The molecular formula is C21H21N5O4S. The molecule has 0 radical (unpaired) electrons. The minimum absolute atomic E-state index is 0.0426. The summed E-state index contributed by atoms with van der Waals surface area (Å²) in [4.78, 5) is 35.2. The lowest BCUT2D eigenvalue weighted by Gasteiger charge is -2.09. The van der Waals surface area contributed by atoms with Crippen LogP contribution < -0.4 is 5.32 Å². The van der Waals surface area contributed by atoms with E-state index in [0.29, 0.717) is 11.0 Å². The SMILES string of the molecule is CCc1ccccc1NC(=O)Cc1nnc(SCC(=O)c2cccc([N+](=O)[O-])c2)n1C. The first kappa shape index (κ1) is 22.2. The molecule has 2 aromatic carbocycles. The van der Waals surface area contributed by atoms with Gasteiger partial charge in [-0.15, -0.1) is 10.2 Å². The van der Waals surface area contributed by atoms with Gasteiger partial charge in [0, 0.05) is 30.4 Å². The van der Waals surface area contributed by atoms with Gasteiger partial charge in [-0.2, -0.15) is 0 Å². The van der Waals surface area contributed by atoms with E-state index in [1.54, 1.807) is 11.6 Å². The number of anilines is 1. The number of aromatic nitrogens is 3. The topological polar surface area (TPSA) is 120 Å². The lowest BCUT2D eigenvalue weighted by atomic mass is 10.1. The molecule has 9 nitrogen and oxygen atoms in total. The molecule has 3 rings (SSSR count). The maximum atomic E-state index is 12.4. The number of hydrogen-bond acceptors (Lipinski definition) is 7. The summed E-state index contributed by atoms with van der Waals surface area (Å²) in [5.41, 5.74) is 1.95. The van der Waals surface area contributed by atoms with Crippen LogP contribution in [0.25, 0.3) is 0 Å². The van der Waals surface area contributed by atoms with Gasteiger partial charge in [0.1, 0.15) is 5.82 Å². The molecule has 0 aliphatic rings. The summed E-state index contributed by atoms with van der Waals surface area (Å²) < 4.78 is 1.66. The van der Waals surface area contributed by atoms with Crippen molar-refractivity contribution in [2.45, 2.75) is 24.9 Å². The fraction of sp³-hybridized carbons (Fsp3) is 0.238. The number of para-hydroxylation sites is 1. The van der Waals surface area contributed by atoms with Crippen LogP contribution in [0.5, 0.6) is 0 Å². The van der Waals surface area contributed by atoms with Crippen LogP contribution >= 0.6 is 11.8 Å². The zero-order valence-corrected chi connectivity index (χ0v) is 17.9.